The molecule has 5 N–H and O–H groups in total. The predicted octanol–water partition coefficient (Wildman–Crippen LogP) is 3.83. The number of amides is 3. The molecule has 8 nitrogen and oxygen atoms in total. The molecule has 1 unspecified atom stereocenters. The molecule has 0 spiro atoms. The molecule has 0 saturated heterocycles. The van der Waals surface area contributed by atoms with Gasteiger partial charge in [0.05, 0.1) is 6.10 Å². The number of carbonyl (C=O) groups is 3. The van der Waals surface area contributed by atoms with Crippen molar-refractivity contribution in [1.29, 1.82) is 0 Å². The minimum absolute atomic E-state index is 0.00577. The first-order valence-corrected chi connectivity index (χ1v) is 13.1. The van der Waals surface area contributed by atoms with Gasteiger partial charge in [-0.05, 0) is 63.5 Å². The minimum Gasteiger partial charge on any atom is -0.443 e. The highest BCUT2D eigenvalue weighted by Gasteiger charge is 2.40. The molecule has 2 aromatic rings. The summed E-state index contributed by atoms with van der Waals surface area (Å²) in [6, 6.07) is 17.0. The van der Waals surface area contributed by atoms with Gasteiger partial charge in [0, 0.05) is 12.0 Å². The molecule has 0 aromatic heterocycles. The number of nitrogens with two attached hydrogens (primary N) is 2. The average Bonchev–Trinajstić information content (AvgIpc) is 2.82. The quantitative estimate of drug-likeness (QED) is 0.385. The Balaban J connectivity index is 2.42. The lowest BCUT2D eigenvalue weighted by atomic mass is 9.88. The lowest BCUT2D eigenvalue weighted by Gasteiger charge is -2.34. The number of primary amides is 1. The van der Waals surface area contributed by atoms with Crippen LogP contribution in [0.3, 0.4) is 0 Å². The number of aliphatic hydroxyl groups excluding tert-OH is 1. The minimum atomic E-state index is -1.19. The number of hydrogen-bond acceptors (Lipinski definition) is 6. The summed E-state index contributed by atoms with van der Waals surface area (Å²) in [4.78, 5) is 40.8. The number of imide groups is 1. The van der Waals surface area contributed by atoms with Crippen LogP contribution in [0, 0.1) is 11.8 Å². The van der Waals surface area contributed by atoms with Crippen LogP contribution in [0.5, 0.6) is 0 Å². The largest absolute Gasteiger partial charge is 0.443 e. The molecule has 0 heterocycles. The van der Waals surface area contributed by atoms with Crippen molar-refractivity contribution in [3.05, 3.63) is 71.8 Å². The van der Waals surface area contributed by atoms with Crippen molar-refractivity contribution in [2.24, 2.45) is 23.3 Å². The number of carbonyl (C=O) groups excluding carboxylic acids is 3. The summed E-state index contributed by atoms with van der Waals surface area (Å²) in [5.41, 5.74) is 13.0. The third-order valence-electron chi connectivity index (χ3n) is 6.17. The lowest BCUT2D eigenvalue weighted by molar-refractivity contribution is -0.143. The van der Waals surface area contributed by atoms with Crippen LogP contribution in [0.25, 0.3) is 0 Å². The highest BCUT2D eigenvalue weighted by Crippen LogP contribution is 2.25. The van der Waals surface area contributed by atoms with Gasteiger partial charge < -0.3 is 21.3 Å². The third-order valence-corrected chi connectivity index (χ3v) is 6.17. The normalized spacial score (nSPS) is 14.8. The van der Waals surface area contributed by atoms with Crippen molar-refractivity contribution in [3.8, 4) is 0 Å². The van der Waals surface area contributed by atoms with Crippen LogP contribution in [0.4, 0.5) is 4.79 Å². The number of nitrogens with zero attached hydrogens (tertiary/aromatic N) is 1. The van der Waals surface area contributed by atoms with Gasteiger partial charge in [-0.25, -0.2) is 9.69 Å². The van der Waals surface area contributed by atoms with Crippen LogP contribution in [0.15, 0.2) is 60.7 Å². The Kier molecular flexibility index (Phi) is 11.5. The molecule has 38 heavy (non-hydrogen) atoms. The zero-order valence-corrected chi connectivity index (χ0v) is 23.2. The van der Waals surface area contributed by atoms with E-state index in [1.807, 2.05) is 74.5 Å². The summed E-state index contributed by atoms with van der Waals surface area (Å²) in [7, 11) is 0. The molecular weight excluding hydrogens is 482 g/mol. The van der Waals surface area contributed by atoms with Crippen molar-refractivity contribution in [3.63, 3.8) is 0 Å². The SMILES string of the molecule is CC(C)C[C@H](C(N)=O)N(C(=O)OC(C)(C)C)C(=O)C(Cc1ccccc1)C[C@H](O)[C@@H](N)Cc1ccccc1. The van der Waals surface area contributed by atoms with E-state index in [0.717, 1.165) is 16.0 Å². The van der Waals surface area contributed by atoms with Crippen molar-refractivity contribution < 1.29 is 24.2 Å². The van der Waals surface area contributed by atoms with Crippen LogP contribution >= 0.6 is 0 Å². The maximum absolute atomic E-state index is 14.1. The molecule has 0 fully saturated rings. The predicted molar refractivity (Wildman–Crippen MR) is 148 cm³/mol. The van der Waals surface area contributed by atoms with Crippen molar-refractivity contribution in [1.82, 2.24) is 4.90 Å². The molecule has 4 atom stereocenters. The van der Waals surface area contributed by atoms with E-state index in [2.05, 4.69) is 0 Å². The van der Waals surface area contributed by atoms with Gasteiger partial charge in [0.2, 0.25) is 11.8 Å². The van der Waals surface area contributed by atoms with Gasteiger partial charge in [-0.2, -0.15) is 0 Å². The van der Waals surface area contributed by atoms with E-state index in [1.54, 1.807) is 20.8 Å². The molecule has 0 aliphatic rings. The van der Waals surface area contributed by atoms with E-state index < -0.39 is 47.6 Å². The summed E-state index contributed by atoms with van der Waals surface area (Å²) in [5, 5.41) is 11.1. The van der Waals surface area contributed by atoms with Gasteiger partial charge in [0.25, 0.3) is 0 Å². The van der Waals surface area contributed by atoms with Crippen LogP contribution in [0.1, 0.15) is 58.6 Å². The first-order chi connectivity index (χ1) is 17.8. The van der Waals surface area contributed by atoms with Gasteiger partial charge in [-0.15, -0.1) is 0 Å². The summed E-state index contributed by atoms with van der Waals surface area (Å²) in [6.07, 6.45) is -1.14. The highest BCUT2D eigenvalue weighted by molar-refractivity contribution is 5.98. The second-order valence-electron chi connectivity index (χ2n) is 11.3. The molecule has 0 radical (unpaired) electrons. The second-order valence-corrected chi connectivity index (χ2v) is 11.3. The standard InChI is InChI=1S/C30H43N3O5/c1-20(2)16-25(27(32)35)33(29(37)38-30(3,4)5)28(36)23(17-21-12-8-6-9-13-21)19-26(34)24(31)18-22-14-10-7-11-15-22/h6-15,20,23-26,34H,16-19,31H2,1-5H3,(H2,32,35)/t23?,24-,25+,26-/m0/s1. The molecule has 3 amide bonds. The van der Waals surface area contributed by atoms with Crippen LogP contribution < -0.4 is 11.5 Å². The fourth-order valence-electron chi connectivity index (χ4n) is 4.33. The molecule has 8 heteroatoms. The zero-order chi connectivity index (χ0) is 28.5. The number of hydrogen-bond donors (Lipinski definition) is 3. The number of rotatable bonds is 12. The number of aliphatic hydroxyl groups is 1. The van der Waals surface area contributed by atoms with Gasteiger partial charge in [0.15, 0.2) is 0 Å². The van der Waals surface area contributed by atoms with E-state index in [9.17, 15) is 19.5 Å². The molecule has 2 aromatic carbocycles. The first-order valence-electron chi connectivity index (χ1n) is 13.1. The monoisotopic (exact) mass is 525 g/mol. The molecule has 0 saturated carbocycles. The Hall–Kier alpha value is -3.23. The van der Waals surface area contributed by atoms with E-state index in [0.29, 0.717) is 6.42 Å². The van der Waals surface area contributed by atoms with Crippen LogP contribution in [-0.4, -0.2) is 51.7 Å². The highest BCUT2D eigenvalue weighted by atomic mass is 16.6. The Morgan fingerprint density at radius 3 is 1.84 bits per heavy atom. The smallest absolute Gasteiger partial charge is 0.417 e. The molecule has 2 rings (SSSR count). The molecular formula is C30H43N3O5. The van der Waals surface area contributed by atoms with Crippen LogP contribution in [-0.2, 0) is 27.2 Å². The zero-order valence-electron chi connectivity index (χ0n) is 23.2. The lowest BCUT2D eigenvalue weighted by Crippen LogP contribution is -2.55. The molecule has 208 valence electrons. The van der Waals surface area contributed by atoms with Crippen molar-refractivity contribution in [2.75, 3.05) is 0 Å². The van der Waals surface area contributed by atoms with E-state index in [-0.39, 0.29) is 25.2 Å². The van der Waals surface area contributed by atoms with Gasteiger partial charge in [0.1, 0.15) is 11.6 Å². The summed E-state index contributed by atoms with van der Waals surface area (Å²) in [5.74, 6) is -2.30. The average molecular weight is 526 g/mol. The third kappa shape index (κ3) is 9.91. The maximum atomic E-state index is 14.1. The second kappa shape index (κ2) is 14.1. The van der Waals surface area contributed by atoms with E-state index in [1.165, 1.54) is 0 Å². The van der Waals surface area contributed by atoms with Gasteiger partial charge in [-0.3, -0.25) is 9.59 Å². The maximum Gasteiger partial charge on any atom is 0.417 e. The van der Waals surface area contributed by atoms with Crippen molar-refractivity contribution >= 4 is 17.9 Å². The Morgan fingerprint density at radius 1 is 0.895 bits per heavy atom. The fraction of sp³-hybridized carbons (Fsp3) is 0.500. The Labute approximate surface area is 226 Å². The van der Waals surface area contributed by atoms with Gasteiger partial charge >= 0.3 is 6.09 Å². The fourth-order valence-corrected chi connectivity index (χ4v) is 4.33. The number of benzene rings is 2. The first kappa shape index (κ1) is 31.0. The summed E-state index contributed by atoms with van der Waals surface area (Å²) >= 11 is 0. The van der Waals surface area contributed by atoms with Crippen molar-refractivity contribution in [2.45, 2.75) is 84.1 Å². The summed E-state index contributed by atoms with van der Waals surface area (Å²) < 4.78 is 5.54. The van der Waals surface area contributed by atoms with E-state index in [4.69, 9.17) is 16.2 Å². The molecule has 0 aliphatic carbocycles. The topological polar surface area (TPSA) is 136 Å². The Bertz CT molecular complexity index is 1040. The van der Waals surface area contributed by atoms with E-state index >= 15 is 0 Å². The van der Waals surface area contributed by atoms with Crippen LogP contribution in [0.2, 0.25) is 0 Å². The number of ether oxygens (including phenoxy) is 1. The molecule has 0 aliphatic heterocycles. The van der Waals surface area contributed by atoms with Gasteiger partial charge in [-0.1, -0.05) is 74.5 Å². The Morgan fingerprint density at radius 2 is 1.39 bits per heavy atom. The molecule has 0 bridgehead atoms. The summed E-state index contributed by atoms with van der Waals surface area (Å²) in [6.45, 7) is 8.80.